The summed E-state index contributed by atoms with van der Waals surface area (Å²) < 4.78 is 4.93. The van der Waals surface area contributed by atoms with Gasteiger partial charge in [0.15, 0.2) is 0 Å². The van der Waals surface area contributed by atoms with Crippen LogP contribution in [-0.4, -0.2) is 26.2 Å². The number of anilines is 2. The van der Waals surface area contributed by atoms with E-state index in [1.54, 1.807) is 12.0 Å². The second kappa shape index (κ2) is 6.91. The number of ether oxygens (including phenoxy) is 1. The molecule has 0 atom stereocenters. The van der Waals surface area contributed by atoms with Crippen LogP contribution in [0.4, 0.5) is 11.4 Å². The Kier molecular flexibility index (Phi) is 5.49. The molecule has 0 aliphatic carbocycles. The van der Waals surface area contributed by atoms with Gasteiger partial charge in [0.2, 0.25) is 5.91 Å². The molecule has 0 aliphatic heterocycles. The van der Waals surface area contributed by atoms with Crippen LogP contribution in [0.3, 0.4) is 0 Å². The average molecular weight is 236 g/mol. The minimum absolute atomic E-state index is 0.0688. The molecule has 0 saturated heterocycles. The van der Waals surface area contributed by atoms with Crippen LogP contribution in [0.15, 0.2) is 24.3 Å². The van der Waals surface area contributed by atoms with Gasteiger partial charge < -0.3 is 15.4 Å². The van der Waals surface area contributed by atoms with Crippen LogP contribution < -0.4 is 10.6 Å². The van der Waals surface area contributed by atoms with Gasteiger partial charge in [0, 0.05) is 25.0 Å². The Hall–Kier alpha value is -1.55. The Bertz CT molecular complexity index is 366. The van der Waals surface area contributed by atoms with Crippen LogP contribution in [0.5, 0.6) is 0 Å². The molecule has 0 aromatic heterocycles. The number of nitrogen functional groups attached to an aromatic ring is 1. The third-order valence-corrected chi connectivity index (χ3v) is 2.45. The number of nitrogens with two attached hydrogens (primary N) is 1. The fourth-order valence-corrected chi connectivity index (χ4v) is 1.64. The van der Waals surface area contributed by atoms with E-state index in [0.717, 1.165) is 12.1 Å². The molecule has 2 N–H and O–H groups in total. The number of amides is 1. The lowest BCUT2D eigenvalue weighted by atomic mass is 10.2. The number of nitrogens with zero attached hydrogens (tertiary/aromatic N) is 1. The SMILES string of the molecule is CCCN(C(=O)CCOC)c1cccc(N)c1. The standard InChI is InChI=1S/C13H20N2O2/c1-3-8-15(13(16)7-9-17-2)12-6-4-5-11(14)10-12/h4-6,10H,3,7-9,14H2,1-2H3. The smallest absolute Gasteiger partial charge is 0.229 e. The van der Waals surface area contributed by atoms with Gasteiger partial charge in [-0.1, -0.05) is 13.0 Å². The molecule has 94 valence electrons. The summed E-state index contributed by atoms with van der Waals surface area (Å²) in [5, 5.41) is 0. The van der Waals surface area contributed by atoms with E-state index in [1.807, 2.05) is 31.2 Å². The third-order valence-electron chi connectivity index (χ3n) is 2.45. The predicted molar refractivity (Wildman–Crippen MR) is 70.0 cm³/mol. The van der Waals surface area contributed by atoms with E-state index < -0.39 is 0 Å². The summed E-state index contributed by atoms with van der Waals surface area (Å²) in [4.78, 5) is 13.8. The van der Waals surface area contributed by atoms with E-state index >= 15 is 0 Å². The van der Waals surface area contributed by atoms with Crippen molar-refractivity contribution in [3.05, 3.63) is 24.3 Å². The zero-order valence-electron chi connectivity index (χ0n) is 10.5. The molecule has 0 radical (unpaired) electrons. The van der Waals surface area contributed by atoms with E-state index in [-0.39, 0.29) is 5.91 Å². The number of hydrogen-bond donors (Lipinski definition) is 1. The van der Waals surface area contributed by atoms with Crippen molar-refractivity contribution in [1.29, 1.82) is 0 Å². The molecule has 0 aliphatic rings. The minimum atomic E-state index is 0.0688. The van der Waals surface area contributed by atoms with Crippen molar-refractivity contribution in [2.75, 3.05) is 30.9 Å². The van der Waals surface area contributed by atoms with Gasteiger partial charge in [-0.05, 0) is 24.6 Å². The van der Waals surface area contributed by atoms with Crippen molar-refractivity contribution in [3.8, 4) is 0 Å². The van der Waals surface area contributed by atoms with Gasteiger partial charge >= 0.3 is 0 Å². The number of hydrogen-bond acceptors (Lipinski definition) is 3. The first-order valence-corrected chi connectivity index (χ1v) is 5.84. The van der Waals surface area contributed by atoms with Crippen molar-refractivity contribution in [2.45, 2.75) is 19.8 Å². The number of benzene rings is 1. The van der Waals surface area contributed by atoms with E-state index in [0.29, 0.717) is 25.3 Å². The first-order valence-electron chi connectivity index (χ1n) is 5.84. The molecule has 1 aromatic rings. The van der Waals surface area contributed by atoms with Crippen molar-refractivity contribution < 1.29 is 9.53 Å². The minimum Gasteiger partial charge on any atom is -0.399 e. The lowest BCUT2D eigenvalue weighted by molar-refractivity contribution is -0.119. The second-order valence-corrected chi connectivity index (χ2v) is 3.88. The van der Waals surface area contributed by atoms with Gasteiger partial charge in [0.25, 0.3) is 0 Å². The molecule has 4 nitrogen and oxygen atoms in total. The van der Waals surface area contributed by atoms with E-state index in [4.69, 9.17) is 10.5 Å². The summed E-state index contributed by atoms with van der Waals surface area (Å²) >= 11 is 0. The first kappa shape index (κ1) is 13.5. The summed E-state index contributed by atoms with van der Waals surface area (Å²) in [5.41, 5.74) is 7.25. The Morgan fingerprint density at radius 2 is 2.24 bits per heavy atom. The zero-order valence-corrected chi connectivity index (χ0v) is 10.5. The normalized spacial score (nSPS) is 10.2. The molecular weight excluding hydrogens is 216 g/mol. The van der Waals surface area contributed by atoms with Crippen LogP contribution in [-0.2, 0) is 9.53 Å². The van der Waals surface area contributed by atoms with Crippen LogP contribution >= 0.6 is 0 Å². The maximum absolute atomic E-state index is 12.0. The molecule has 1 aromatic carbocycles. The van der Waals surface area contributed by atoms with Gasteiger partial charge in [-0.15, -0.1) is 0 Å². The van der Waals surface area contributed by atoms with Crippen LogP contribution in [0.25, 0.3) is 0 Å². The molecule has 1 amide bonds. The monoisotopic (exact) mass is 236 g/mol. The second-order valence-electron chi connectivity index (χ2n) is 3.88. The summed E-state index contributed by atoms with van der Waals surface area (Å²) in [5.74, 6) is 0.0688. The van der Waals surface area contributed by atoms with Gasteiger partial charge in [0.1, 0.15) is 0 Å². The summed E-state index contributed by atoms with van der Waals surface area (Å²) in [6, 6.07) is 7.39. The van der Waals surface area contributed by atoms with Crippen molar-refractivity contribution in [3.63, 3.8) is 0 Å². The fraction of sp³-hybridized carbons (Fsp3) is 0.462. The maximum Gasteiger partial charge on any atom is 0.229 e. The maximum atomic E-state index is 12.0. The summed E-state index contributed by atoms with van der Waals surface area (Å²) in [6.07, 6.45) is 1.30. The van der Waals surface area contributed by atoms with Gasteiger partial charge in [-0.2, -0.15) is 0 Å². The Morgan fingerprint density at radius 1 is 1.47 bits per heavy atom. The molecule has 1 rings (SSSR count). The van der Waals surface area contributed by atoms with E-state index in [2.05, 4.69) is 0 Å². The summed E-state index contributed by atoms with van der Waals surface area (Å²) in [6.45, 7) is 3.19. The number of carbonyl (C=O) groups excluding carboxylic acids is 1. The lowest BCUT2D eigenvalue weighted by Crippen LogP contribution is -2.32. The van der Waals surface area contributed by atoms with Crippen molar-refractivity contribution in [1.82, 2.24) is 0 Å². The molecule has 17 heavy (non-hydrogen) atoms. The highest BCUT2D eigenvalue weighted by Crippen LogP contribution is 2.18. The lowest BCUT2D eigenvalue weighted by Gasteiger charge is -2.22. The quantitative estimate of drug-likeness (QED) is 0.769. The molecule has 0 saturated carbocycles. The fourth-order valence-electron chi connectivity index (χ4n) is 1.64. The Labute approximate surface area is 102 Å². The van der Waals surface area contributed by atoms with Gasteiger partial charge in [0.05, 0.1) is 13.0 Å². The molecule has 0 spiro atoms. The zero-order chi connectivity index (χ0) is 12.7. The average Bonchev–Trinajstić information content (AvgIpc) is 2.33. The van der Waals surface area contributed by atoms with Crippen molar-refractivity contribution in [2.24, 2.45) is 0 Å². The largest absolute Gasteiger partial charge is 0.399 e. The predicted octanol–water partition coefficient (Wildman–Crippen LogP) is 2.05. The van der Waals surface area contributed by atoms with Gasteiger partial charge in [-0.3, -0.25) is 4.79 Å². The Morgan fingerprint density at radius 3 is 2.82 bits per heavy atom. The highest BCUT2D eigenvalue weighted by atomic mass is 16.5. The number of rotatable bonds is 6. The van der Waals surface area contributed by atoms with Crippen molar-refractivity contribution >= 4 is 17.3 Å². The Balaban J connectivity index is 2.81. The molecule has 0 bridgehead atoms. The highest BCUT2D eigenvalue weighted by Gasteiger charge is 2.14. The molecule has 0 unspecified atom stereocenters. The van der Waals surface area contributed by atoms with Crippen LogP contribution in [0.2, 0.25) is 0 Å². The molecule has 0 heterocycles. The van der Waals surface area contributed by atoms with Gasteiger partial charge in [-0.25, -0.2) is 0 Å². The molecule has 4 heteroatoms. The van der Waals surface area contributed by atoms with E-state index in [9.17, 15) is 4.79 Å². The molecular formula is C13H20N2O2. The topological polar surface area (TPSA) is 55.6 Å². The van der Waals surface area contributed by atoms with Crippen LogP contribution in [0, 0.1) is 0 Å². The van der Waals surface area contributed by atoms with E-state index in [1.165, 1.54) is 0 Å². The highest BCUT2D eigenvalue weighted by molar-refractivity contribution is 5.93. The van der Waals surface area contributed by atoms with Crippen LogP contribution in [0.1, 0.15) is 19.8 Å². The molecule has 0 fully saturated rings. The first-order chi connectivity index (χ1) is 8.19. The number of methoxy groups -OCH3 is 1. The summed E-state index contributed by atoms with van der Waals surface area (Å²) in [7, 11) is 1.60. The number of carbonyl (C=O) groups is 1. The third kappa shape index (κ3) is 4.07.